The van der Waals surface area contributed by atoms with Crippen LogP contribution in [0.5, 0.6) is 0 Å². The van der Waals surface area contributed by atoms with Gasteiger partial charge in [-0.1, -0.05) is 24.3 Å². The summed E-state index contributed by atoms with van der Waals surface area (Å²) in [5.74, 6) is 0.778. The van der Waals surface area contributed by atoms with Crippen molar-refractivity contribution in [3.05, 3.63) is 66.0 Å². The summed E-state index contributed by atoms with van der Waals surface area (Å²) >= 11 is 0. The molecule has 1 aromatic heterocycles. The Morgan fingerprint density at radius 2 is 2.14 bits per heavy atom. The lowest BCUT2D eigenvalue weighted by atomic mass is 9.86. The van der Waals surface area contributed by atoms with Crippen molar-refractivity contribution in [2.24, 2.45) is 5.92 Å². The lowest BCUT2D eigenvalue weighted by Gasteiger charge is -2.29. The smallest absolute Gasteiger partial charge is 0.0457 e. The lowest BCUT2D eigenvalue weighted by molar-refractivity contribution is 0.314. The van der Waals surface area contributed by atoms with E-state index in [0.29, 0.717) is 6.04 Å². The molecule has 2 aromatic rings. The molecule has 1 fully saturated rings. The van der Waals surface area contributed by atoms with E-state index in [1.807, 2.05) is 0 Å². The largest absolute Gasteiger partial charge is 0.373 e. The normalized spacial score (nSPS) is 24.4. The van der Waals surface area contributed by atoms with Crippen LogP contribution in [0, 0.1) is 5.92 Å². The molecule has 2 atom stereocenters. The fourth-order valence-corrected chi connectivity index (χ4v) is 5.21. The van der Waals surface area contributed by atoms with Gasteiger partial charge in [0.15, 0.2) is 0 Å². The Hall–Kier alpha value is -2.26. The number of nitrogens with zero attached hydrogens (tertiary/aromatic N) is 1. The molecule has 0 spiro atoms. The van der Waals surface area contributed by atoms with Crippen molar-refractivity contribution in [2.45, 2.75) is 51.0 Å². The average molecular weight is 388 g/mol. The molecule has 1 aromatic carbocycles. The van der Waals surface area contributed by atoms with E-state index in [1.165, 1.54) is 80.1 Å². The van der Waals surface area contributed by atoms with Gasteiger partial charge in [0, 0.05) is 36.2 Å². The minimum atomic E-state index is 0.714. The predicted molar refractivity (Wildman–Crippen MR) is 123 cm³/mol. The minimum Gasteiger partial charge on any atom is -0.373 e. The second-order valence-electron chi connectivity index (χ2n) is 9.00. The first-order chi connectivity index (χ1) is 14.3. The van der Waals surface area contributed by atoms with E-state index in [4.69, 9.17) is 0 Å². The molecule has 0 radical (unpaired) electrons. The molecule has 3 heteroatoms. The molecule has 3 nitrogen and oxygen atoms in total. The topological polar surface area (TPSA) is 31.1 Å². The molecule has 2 unspecified atom stereocenters. The Morgan fingerprint density at radius 1 is 1.14 bits per heavy atom. The molecule has 3 heterocycles. The zero-order valence-electron chi connectivity index (χ0n) is 17.4. The predicted octanol–water partition coefficient (Wildman–Crippen LogP) is 5.42. The van der Waals surface area contributed by atoms with E-state index in [9.17, 15) is 0 Å². The molecule has 0 amide bonds. The quantitative estimate of drug-likeness (QED) is 0.693. The highest BCUT2D eigenvalue weighted by Gasteiger charge is 2.19. The maximum atomic E-state index is 3.63. The number of rotatable bonds is 6. The van der Waals surface area contributed by atoms with Crippen LogP contribution in [-0.4, -0.2) is 35.6 Å². The zero-order chi connectivity index (χ0) is 19.5. The second kappa shape index (κ2) is 8.62. The van der Waals surface area contributed by atoms with Crippen LogP contribution in [0.25, 0.3) is 16.5 Å². The molecule has 152 valence electrons. The highest BCUT2D eigenvalue weighted by Crippen LogP contribution is 2.33. The number of aromatic nitrogens is 1. The number of fused-ring (bicyclic) bond motifs is 1. The Bertz CT molecular complexity index is 927. The third-order valence-electron chi connectivity index (χ3n) is 6.96. The molecular formula is C26H33N3. The third kappa shape index (κ3) is 4.35. The molecule has 0 saturated carbocycles. The summed E-state index contributed by atoms with van der Waals surface area (Å²) in [6.45, 7) is 3.44. The van der Waals surface area contributed by atoms with Crippen LogP contribution in [0.3, 0.4) is 0 Å². The number of hydrogen-bond acceptors (Lipinski definition) is 2. The summed E-state index contributed by atoms with van der Waals surface area (Å²) in [5, 5.41) is 5.06. The Labute approximate surface area is 174 Å². The van der Waals surface area contributed by atoms with Crippen molar-refractivity contribution in [3.8, 4) is 0 Å². The van der Waals surface area contributed by atoms with E-state index in [2.05, 4.69) is 70.1 Å². The molecule has 2 aliphatic heterocycles. The van der Waals surface area contributed by atoms with E-state index in [0.717, 1.165) is 12.5 Å². The second-order valence-corrected chi connectivity index (χ2v) is 9.00. The van der Waals surface area contributed by atoms with Gasteiger partial charge in [-0.2, -0.15) is 0 Å². The Kier molecular flexibility index (Phi) is 5.58. The van der Waals surface area contributed by atoms with Crippen molar-refractivity contribution in [1.82, 2.24) is 15.2 Å². The van der Waals surface area contributed by atoms with E-state index in [1.54, 1.807) is 5.57 Å². The van der Waals surface area contributed by atoms with Gasteiger partial charge >= 0.3 is 0 Å². The SMILES string of the molecule is C1=CCN(CC2CC=C(c3ccc4[nH]cc(CCC5CCCN5)c4c3)CC2)C=C1. The Morgan fingerprint density at radius 3 is 2.93 bits per heavy atom. The van der Waals surface area contributed by atoms with Gasteiger partial charge in [0.05, 0.1) is 0 Å². The average Bonchev–Trinajstić information content (AvgIpc) is 3.43. The number of aryl methyl sites for hydroxylation is 1. The summed E-state index contributed by atoms with van der Waals surface area (Å²) < 4.78 is 0. The first kappa shape index (κ1) is 18.7. The van der Waals surface area contributed by atoms with Crippen molar-refractivity contribution in [2.75, 3.05) is 19.6 Å². The molecular weight excluding hydrogens is 354 g/mol. The summed E-state index contributed by atoms with van der Waals surface area (Å²) in [6.07, 6.45) is 22.3. The van der Waals surface area contributed by atoms with Gasteiger partial charge in [0.25, 0.3) is 0 Å². The van der Waals surface area contributed by atoms with Gasteiger partial charge in [0.2, 0.25) is 0 Å². The maximum absolute atomic E-state index is 3.63. The molecule has 1 saturated heterocycles. The lowest BCUT2D eigenvalue weighted by Crippen LogP contribution is -2.26. The number of allylic oxidation sites excluding steroid dienone is 4. The highest BCUT2D eigenvalue weighted by atomic mass is 15.1. The first-order valence-corrected chi connectivity index (χ1v) is 11.5. The van der Waals surface area contributed by atoms with Gasteiger partial charge in [-0.05, 0) is 98.5 Å². The molecule has 29 heavy (non-hydrogen) atoms. The third-order valence-corrected chi connectivity index (χ3v) is 6.96. The van der Waals surface area contributed by atoms with E-state index < -0.39 is 0 Å². The van der Waals surface area contributed by atoms with Crippen molar-refractivity contribution in [3.63, 3.8) is 0 Å². The standard InChI is InChI=1S/C26H33N3/c1-2-15-29(16-3-1)19-20-6-8-21(9-7-20)22-11-13-26-25(17-22)23(18-28-26)10-12-24-5-4-14-27-24/h1-3,8,11,13,15,17-18,20,24,27-28H,4-7,9-10,12,14,16,19H2. The van der Waals surface area contributed by atoms with Crippen molar-refractivity contribution >= 4 is 16.5 Å². The van der Waals surface area contributed by atoms with Gasteiger partial charge in [-0.15, -0.1) is 0 Å². The van der Waals surface area contributed by atoms with Crippen LogP contribution in [0.4, 0.5) is 0 Å². The van der Waals surface area contributed by atoms with Crippen LogP contribution in [0.15, 0.2) is 54.9 Å². The molecule has 0 bridgehead atoms. The fraction of sp³-hybridized carbons (Fsp3) is 0.462. The van der Waals surface area contributed by atoms with Crippen LogP contribution in [0.2, 0.25) is 0 Å². The van der Waals surface area contributed by atoms with Gasteiger partial charge in [0.1, 0.15) is 0 Å². The van der Waals surface area contributed by atoms with Gasteiger partial charge in [-0.3, -0.25) is 0 Å². The van der Waals surface area contributed by atoms with Crippen LogP contribution in [0.1, 0.15) is 49.7 Å². The monoisotopic (exact) mass is 387 g/mol. The highest BCUT2D eigenvalue weighted by molar-refractivity contribution is 5.87. The van der Waals surface area contributed by atoms with Crippen LogP contribution >= 0.6 is 0 Å². The summed E-state index contributed by atoms with van der Waals surface area (Å²) in [7, 11) is 0. The number of benzene rings is 1. The zero-order valence-corrected chi connectivity index (χ0v) is 17.4. The summed E-state index contributed by atoms with van der Waals surface area (Å²) in [5.41, 5.74) is 5.73. The Balaban J connectivity index is 1.25. The molecule has 3 aliphatic rings. The molecule has 1 aliphatic carbocycles. The summed E-state index contributed by atoms with van der Waals surface area (Å²) in [4.78, 5) is 5.93. The number of H-pyrrole nitrogens is 1. The maximum Gasteiger partial charge on any atom is 0.0457 e. The van der Waals surface area contributed by atoms with Gasteiger partial charge in [-0.25, -0.2) is 0 Å². The molecule has 5 rings (SSSR count). The van der Waals surface area contributed by atoms with E-state index >= 15 is 0 Å². The van der Waals surface area contributed by atoms with E-state index in [-0.39, 0.29) is 0 Å². The fourth-order valence-electron chi connectivity index (χ4n) is 5.21. The van der Waals surface area contributed by atoms with Crippen molar-refractivity contribution < 1.29 is 0 Å². The van der Waals surface area contributed by atoms with Gasteiger partial charge < -0.3 is 15.2 Å². The first-order valence-electron chi connectivity index (χ1n) is 11.5. The molecule has 2 N–H and O–H groups in total. The van der Waals surface area contributed by atoms with Crippen molar-refractivity contribution in [1.29, 1.82) is 0 Å². The minimum absolute atomic E-state index is 0.714. The number of nitrogens with one attached hydrogen (secondary N) is 2. The summed E-state index contributed by atoms with van der Waals surface area (Å²) in [6, 6.07) is 7.74. The number of aromatic amines is 1. The number of hydrogen-bond donors (Lipinski definition) is 2. The van der Waals surface area contributed by atoms with Crippen LogP contribution in [-0.2, 0) is 6.42 Å². The van der Waals surface area contributed by atoms with Crippen LogP contribution < -0.4 is 5.32 Å².